The van der Waals surface area contributed by atoms with Crippen molar-refractivity contribution in [2.45, 2.75) is 12.5 Å². The van der Waals surface area contributed by atoms with Crippen molar-refractivity contribution in [3.63, 3.8) is 0 Å². The quantitative estimate of drug-likeness (QED) is 0.577. The van der Waals surface area contributed by atoms with Gasteiger partial charge in [0.05, 0.1) is 25.4 Å². The first kappa shape index (κ1) is 14.6. The molecule has 0 unspecified atom stereocenters. The second kappa shape index (κ2) is 5.90. The molecule has 1 aromatic rings. The molecule has 1 amide bonds. The highest BCUT2D eigenvalue weighted by Gasteiger charge is 2.31. The lowest BCUT2D eigenvalue weighted by Crippen LogP contribution is -2.57. The van der Waals surface area contributed by atoms with Gasteiger partial charge in [0.15, 0.2) is 0 Å². The van der Waals surface area contributed by atoms with E-state index in [2.05, 4.69) is 5.32 Å². The SMILES string of the molecule is Cc1ccc(F)c(C(=O)NC(CO)(CO)CO)c1. The van der Waals surface area contributed by atoms with Crippen molar-refractivity contribution in [3.05, 3.63) is 35.1 Å². The largest absolute Gasteiger partial charge is 0.394 e. The molecule has 4 N–H and O–H groups in total. The fourth-order valence-corrected chi connectivity index (χ4v) is 1.39. The van der Waals surface area contributed by atoms with Crippen LogP contribution in [0.15, 0.2) is 18.2 Å². The van der Waals surface area contributed by atoms with Gasteiger partial charge in [-0.15, -0.1) is 0 Å². The van der Waals surface area contributed by atoms with E-state index in [4.69, 9.17) is 15.3 Å². The van der Waals surface area contributed by atoms with Crippen LogP contribution in [0.5, 0.6) is 0 Å². The molecule has 1 aromatic carbocycles. The number of aryl methyl sites for hydroxylation is 1. The maximum Gasteiger partial charge on any atom is 0.254 e. The lowest BCUT2D eigenvalue weighted by molar-refractivity contribution is 0.0373. The minimum absolute atomic E-state index is 0.199. The van der Waals surface area contributed by atoms with Crippen LogP contribution in [0.1, 0.15) is 15.9 Å². The topological polar surface area (TPSA) is 89.8 Å². The molecule has 100 valence electrons. The molecule has 5 nitrogen and oxygen atoms in total. The van der Waals surface area contributed by atoms with E-state index >= 15 is 0 Å². The van der Waals surface area contributed by atoms with Crippen molar-refractivity contribution >= 4 is 5.91 Å². The Morgan fingerprint density at radius 1 is 1.28 bits per heavy atom. The van der Waals surface area contributed by atoms with E-state index in [1.54, 1.807) is 6.92 Å². The molecular formula is C12H16FNO4. The first-order valence-electron chi connectivity index (χ1n) is 5.39. The number of amides is 1. The Morgan fingerprint density at radius 2 is 1.83 bits per heavy atom. The molecule has 0 aromatic heterocycles. The first-order valence-corrected chi connectivity index (χ1v) is 5.39. The molecule has 0 aliphatic carbocycles. The molecule has 1 rings (SSSR count). The average Bonchev–Trinajstić information content (AvgIpc) is 2.38. The summed E-state index contributed by atoms with van der Waals surface area (Å²) in [4.78, 5) is 11.8. The molecule has 0 heterocycles. The second-order valence-electron chi connectivity index (χ2n) is 4.19. The second-order valence-corrected chi connectivity index (χ2v) is 4.19. The van der Waals surface area contributed by atoms with Gasteiger partial charge in [-0.3, -0.25) is 4.79 Å². The molecular weight excluding hydrogens is 241 g/mol. The summed E-state index contributed by atoms with van der Waals surface area (Å²) in [5.41, 5.74) is -1.06. The first-order chi connectivity index (χ1) is 8.48. The van der Waals surface area contributed by atoms with Gasteiger partial charge in [0.25, 0.3) is 5.91 Å². The van der Waals surface area contributed by atoms with Gasteiger partial charge in [0, 0.05) is 0 Å². The maximum atomic E-state index is 13.5. The van der Waals surface area contributed by atoms with Crippen LogP contribution in [0.4, 0.5) is 4.39 Å². The van der Waals surface area contributed by atoms with Gasteiger partial charge in [-0.05, 0) is 19.1 Å². The van der Waals surface area contributed by atoms with E-state index in [1.165, 1.54) is 12.1 Å². The zero-order valence-electron chi connectivity index (χ0n) is 9.98. The van der Waals surface area contributed by atoms with Crippen molar-refractivity contribution in [1.29, 1.82) is 0 Å². The Kier molecular flexibility index (Phi) is 4.77. The molecule has 6 heteroatoms. The van der Waals surface area contributed by atoms with E-state index in [-0.39, 0.29) is 5.56 Å². The highest BCUT2D eigenvalue weighted by Crippen LogP contribution is 2.12. The van der Waals surface area contributed by atoms with E-state index in [0.29, 0.717) is 5.56 Å². The number of carbonyl (C=O) groups is 1. The van der Waals surface area contributed by atoms with Crippen LogP contribution in [0.2, 0.25) is 0 Å². The summed E-state index contributed by atoms with van der Waals surface area (Å²) in [6.45, 7) is -0.259. The van der Waals surface area contributed by atoms with Crippen LogP contribution in [0, 0.1) is 12.7 Å². The van der Waals surface area contributed by atoms with Gasteiger partial charge in [-0.1, -0.05) is 11.6 Å². The van der Waals surface area contributed by atoms with E-state index in [9.17, 15) is 9.18 Å². The third kappa shape index (κ3) is 3.04. The molecule has 0 aliphatic rings. The number of rotatable bonds is 5. The average molecular weight is 257 g/mol. The Bertz CT molecular complexity index is 424. The highest BCUT2D eigenvalue weighted by molar-refractivity contribution is 5.95. The van der Waals surface area contributed by atoms with E-state index < -0.39 is 37.1 Å². The summed E-state index contributed by atoms with van der Waals surface area (Å²) < 4.78 is 13.5. The van der Waals surface area contributed by atoms with Gasteiger partial charge in [-0.2, -0.15) is 0 Å². The standard InChI is InChI=1S/C12H16FNO4/c1-8-2-3-10(13)9(4-8)11(18)14-12(5-15,6-16)7-17/h2-4,15-17H,5-7H2,1H3,(H,14,18). The summed E-state index contributed by atoms with van der Waals surface area (Å²) >= 11 is 0. The minimum Gasteiger partial charge on any atom is -0.394 e. The lowest BCUT2D eigenvalue weighted by Gasteiger charge is -2.28. The number of hydrogen-bond acceptors (Lipinski definition) is 4. The summed E-state index contributed by atoms with van der Waals surface area (Å²) in [5, 5.41) is 29.4. The van der Waals surface area contributed by atoms with Crippen molar-refractivity contribution in [3.8, 4) is 0 Å². The van der Waals surface area contributed by atoms with Gasteiger partial charge in [-0.25, -0.2) is 4.39 Å². The van der Waals surface area contributed by atoms with Crippen LogP contribution in [-0.2, 0) is 0 Å². The summed E-state index contributed by atoms with van der Waals surface area (Å²) in [6.07, 6.45) is 0. The minimum atomic E-state index is -1.56. The van der Waals surface area contributed by atoms with Crippen LogP contribution >= 0.6 is 0 Å². The third-order valence-electron chi connectivity index (χ3n) is 2.65. The highest BCUT2D eigenvalue weighted by atomic mass is 19.1. The molecule has 18 heavy (non-hydrogen) atoms. The van der Waals surface area contributed by atoms with Gasteiger partial charge in [0.2, 0.25) is 0 Å². The van der Waals surface area contributed by atoms with Crippen molar-refractivity contribution in [1.82, 2.24) is 5.32 Å². The van der Waals surface area contributed by atoms with Gasteiger partial charge >= 0.3 is 0 Å². The predicted molar refractivity (Wildman–Crippen MR) is 62.6 cm³/mol. The van der Waals surface area contributed by atoms with Crippen molar-refractivity contribution < 1.29 is 24.5 Å². The number of aliphatic hydroxyl groups excluding tert-OH is 3. The normalized spacial score (nSPS) is 11.4. The molecule has 0 bridgehead atoms. The molecule has 0 saturated heterocycles. The Hall–Kier alpha value is -1.50. The summed E-state index contributed by atoms with van der Waals surface area (Å²) in [5.74, 6) is -1.51. The number of nitrogens with one attached hydrogen (secondary N) is 1. The van der Waals surface area contributed by atoms with Crippen LogP contribution in [0.3, 0.4) is 0 Å². The summed E-state index contributed by atoms with van der Waals surface area (Å²) in [6, 6.07) is 4.02. The Balaban J connectivity index is 2.97. The smallest absolute Gasteiger partial charge is 0.254 e. The number of hydrogen-bond donors (Lipinski definition) is 4. The number of carbonyl (C=O) groups excluding carboxylic acids is 1. The van der Waals surface area contributed by atoms with Crippen molar-refractivity contribution in [2.24, 2.45) is 0 Å². The molecule has 0 spiro atoms. The van der Waals surface area contributed by atoms with Crippen molar-refractivity contribution in [2.75, 3.05) is 19.8 Å². The van der Waals surface area contributed by atoms with E-state index in [1.807, 2.05) is 0 Å². The number of halogens is 1. The number of benzene rings is 1. The predicted octanol–water partition coefficient (Wildman–Crippen LogP) is -0.420. The van der Waals surface area contributed by atoms with Crippen LogP contribution < -0.4 is 5.32 Å². The van der Waals surface area contributed by atoms with Crippen LogP contribution in [-0.4, -0.2) is 46.6 Å². The fourth-order valence-electron chi connectivity index (χ4n) is 1.39. The van der Waals surface area contributed by atoms with Gasteiger partial charge < -0.3 is 20.6 Å². The zero-order chi connectivity index (χ0) is 13.8. The molecule has 0 saturated carbocycles. The maximum absolute atomic E-state index is 13.5. The van der Waals surface area contributed by atoms with Crippen LogP contribution in [0.25, 0.3) is 0 Å². The molecule has 0 atom stereocenters. The third-order valence-corrected chi connectivity index (χ3v) is 2.65. The lowest BCUT2D eigenvalue weighted by atomic mass is 10.0. The van der Waals surface area contributed by atoms with Gasteiger partial charge in [0.1, 0.15) is 11.4 Å². The summed E-state index contributed by atoms with van der Waals surface area (Å²) in [7, 11) is 0. The molecule has 0 aliphatic heterocycles. The molecule has 0 radical (unpaired) electrons. The number of aliphatic hydroxyl groups is 3. The Labute approximate surface area is 104 Å². The monoisotopic (exact) mass is 257 g/mol. The van der Waals surface area contributed by atoms with E-state index in [0.717, 1.165) is 6.07 Å². The zero-order valence-corrected chi connectivity index (χ0v) is 9.98. The molecule has 0 fully saturated rings. The fraction of sp³-hybridized carbons (Fsp3) is 0.417. The Morgan fingerprint density at radius 3 is 2.33 bits per heavy atom.